The van der Waals surface area contributed by atoms with Crippen LogP contribution in [-0.4, -0.2) is 23.0 Å². The summed E-state index contributed by atoms with van der Waals surface area (Å²) in [4.78, 5) is 8.35. The van der Waals surface area contributed by atoms with Crippen LogP contribution in [0.3, 0.4) is 0 Å². The third-order valence-electron chi connectivity index (χ3n) is 3.98. The molecule has 1 aromatic heterocycles. The van der Waals surface area contributed by atoms with Crippen molar-refractivity contribution < 1.29 is 4.39 Å². The van der Waals surface area contributed by atoms with Crippen molar-refractivity contribution in [2.75, 3.05) is 13.1 Å². The van der Waals surface area contributed by atoms with Crippen molar-refractivity contribution in [1.82, 2.24) is 9.88 Å². The average molecular weight is 290 g/mol. The summed E-state index contributed by atoms with van der Waals surface area (Å²) in [5.41, 5.74) is 2.42. The Balaban J connectivity index is 1.65. The Bertz CT molecular complexity index is 591. The second-order valence-electron chi connectivity index (χ2n) is 5.51. The van der Waals surface area contributed by atoms with Crippen molar-refractivity contribution in [1.29, 1.82) is 0 Å². The zero-order valence-corrected chi connectivity index (χ0v) is 12.7. The number of hydrogen-bond donors (Lipinski definition) is 0. The van der Waals surface area contributed by atoms with Crippen molar-refractivity contribution in [2.45, 2.75) is 32.7 Å². The summed E-state index contributed by atoms with van der Waals surface area (Å²) in [6.45, 7) is 7.31. The molecule has 2 aromatic rings. The maximum atomic E-state index is 13.0. The highest BCUT2D eigenvalue weighted by Crippen LogP contribution is 2.29. The first-order valence-electron chi connectivity index (χ1n) is 7.02. The van der Waals surface area contributed by atoms with Crippen LogP contribution < -0.4 is 0 Å². The maximum Gasteiger partial charge on any atom is 0.123 e. The minimum atomic E-state index is -0.153. The monoisotopic (exact) mass is 290 g/mol. The molecule has 0 saturated carbocycles. The molecule has 20 heavy (non-hydrogen) atoms. The van der Waals surface area contributed by atoms with Gasteiger partial charge in [-0.2, -0.15) is 0 Å². The molecule has 0 radical (unpaired) electrons. The first kappa shape index (κ1) is 13.7. The fourth-order valence-corrected chi connectivity index (χ4v) is 3.89. The highest BCUT2D eigenvalue weighted by molar-refractivity contribution is 7.11. The lowest BCUT2D eigenvalue weighted by Gasteiger charge is -2.15. The smallest absolute Gasteiger partial charge is 0.123 e. The number of aromatic nitrogens is 1. The number of likely N-dealkylation sites (tertiary alicyclic amines) is 1. The molecule has 0 aliphatic carbocycles. The summed E-state index contributed by atoms with van der Waals surface area (Å²) in [5.74, 6) is 0.379. The van der Waals surface area contributed by atoms with Crippen LogP contribution >= 0.6 is 11.3 Å². The molecule has 1 aromatic carbocycles. The second-order valence-corrected chi connectivity index (χ2v) is 6.80. The Morgan fingerprint density at radius 1 is 1.30 bits per heavy atom. The molecule has 1 atom stereocenters. The molecule has 0 bridgehead atoms. The summed E-state index contributed by atoms with van der Waals surface area (Å²) in [5, 5.41) is 1.15. The summed E-state index contributed by atoms with van der Waals surface area (Å²) < 4.78 is 13.0. The number of halogens is 1. The van der Waals surface area contributed by atoms with E-state index in [2.05, 4.69) is 23.7 Å². The van der Waals surface area contributed by atoms with E-state index < -0.39 is 0 Å². The number of hydrogen-bond acceptors (Lipinski definition) is 3. The van der Waals surface area contributed by atoms with Crippen LogP contribution in [0, 0.1) is 19.7 Å². The van der Waals surface area contributed by atoms with Crippen LogP contribution in [0.1, 0.15) is 33.5 Å². The molecule has 0 spiro atoms. The van der Waals surface area contributed by atoms with Gasteiger partial charge in [-0.25, -0.2) is 9.37 Å². The van der Waals surface area contributed by atoms with Gasteiger partial charge < -0.3 is 0 Å². The normalized spacial score (nSPS) is 19.6. The van der Waals surface area contributed by atoms with Crippen molar-refractivity contribution in [3.05, 3.63) is 51.2 Å². The predicted octanol–water partition coefficient (Wildman–Crippen LogP) is 3.89. The van der Waals surface area contributed by atoms with Crippen LogP contribution in [0.5, 0.6) is 0 Å². The van der Waals surface area contributed by atoms with Crippen LogP contribution in [0.2, 0.25) is 0 Å². The number of aryl methyl sites for hydroxylation is 2. The lowest BCUT2D eigenvalue weighted by molar-refractivity contribution is 0.329. The number of benzene rings is 1. The Morgan fingerprint density at radius 2 is 2.05 bits per heavy atom. The van der Waals surface area contributed by atoms with Crippen molar-refractivity contribution >= 4 is 11.3 Å². The van der Waals surface area contributed by atoms with E-state index in [-0.39, 0.29) is 5.82 Å². The third kappa shape index (κ3) is 2.91. The SMILES string of the molecule is Cc1nc(C)c(CN2CCC(c3ccc(F)cc3)C2)s1. The lowest BCUT2D eigenvalue weighted by atomic mass is 9.99. The minimum Gasteiger partial charge on any atom is -0.298 e. The van der Waals surface area contributed by atoms with Crippen LogP contribution in [0.4, 0.5) is 4.39 Å². The first-order chi connectivity index (χ1) is 9.61. The summed E-state index contributed by atoms with van der Waals surface area (Å²) in [6.07, 6.45) is 1.16. The van der Waals surface area contributed by atoms with Gasteiger partial charge in [0.05, 0.1) is 10.7 Å². The molecule has 2 nitrogen and oxygen atoms in total. The molecular weight excluding hydrogens is 271 g/mol. The first-order valence-corrected chi connectivity index (χ1v) is 7.84. The van der Waals surface area contributed by atoms with Gasteiger partial charge in [-0.3, -0.25) is 4.90 Å². The van der Waals surface area contributed by atoms with Crippen molar-refractivity contribution in [3.8, 4) is 0 Å². The van der Waals surface area contributed by atoms with E-state index in [1.165, 1.54) is 10.4 Å². The molecule has 0 N–H and O–H groups in total. The van der Waals surface area contributed by atoms with E-state index in [4.69, 9.17) is 0 Å². The van der Waals surface area contributed by atoms with Crippen LogP contribution in [0.15, 0.2) is 24.3 Å². The lowest BCUT2D eigenvalue weighted by Crippen LogP contribution is -2.19. The number of nitrogens with zero attached hydrogens (tertiary/aromatic N) is 2. The van der Waals surface area contributed by atoms with Gasteiger partial charge in [-0.1, -0.05) is 12.1 Å². The quantitative estimate of drug-likeness (QED) is 0.852. The number of thiazole rings is 1. The van der Waals surface area contributed by atoms with Gasteiger partial charge in [0.2, 0.25) is 0 Å². The van der Waals surface area contributed by atoms with Gasteiger partial charge in [0.25, 0.3) is 0 Å². The molecular formula is C16H19FN2S. The Morgan fingerprint density at radius 3 is 2.70 bits per heavy atom. The van der Waals surface area contributed by atoms with Gasteiger partial charge in [0.15, 0.2) is 0 Å². The van der Waals surface area contributed by atoms with Gasteiger partial charge >= 0.3 is 0 Å². The van der Waals surface area contributed by atoms with Gasteiger partial charge in [-0.05, 0) is 50.4 Å². The zero-order chi connectivity index (χ0) is 14.1. The largest absolute Gasteiger partial charge is 0.298 e. The molecule has 106 valence electrons. The molecule has 0 amide bonds. The molecule has 4 heteroatoms. The van der Waals surface area contributed by atoms with Crippen LogP contribution in [-0.2, 0) is 6.54 Å². The van der Waals surface area contributed by atoms with Crippen molar-refractivity contribution in [3.63, 3.8) is 0 Å². The van der Waals surface area contributed by atoms with E-state index in [9.17, 15) is 4.39 Å². The molecule has 2 heterocycles. The fourth-order valence-electron chi connectivity index (χ4n) is 2.91. The topological polar surface area (TPSA) is 16.1 Å². The highest BCUT2D eigenvalue weighted by atomic mass is 32.1. The molecule has 1 aliphatic rings. The molecule has 1 unspecified atom stereocenters. The van der Waals surface area contributed by atoms with Crippen molar-refractivity contribution in [2.24, 2.45) is 0 Å². The summed E-state index contributed by atoms with van der Waals surface area (Å²) in [6, 6.07) is 6.97. The predicted molar refractivity (Wildman–Crippen MR) is 80.6 cm³/mol. The average Bonchev–Trinajstić information content (AvgIpc) is 2.98. The molecule has 1 aliphatic heterocycles. The molecule has 1 fully saturated rings. The summed E-state index contributed by atoms with van der Waals surface area (Å²) >= 11 is 1.80. The fraction of sp³-hybridized carbons (Fsp3) is 0.438. The highest BCUT2D eigenvalue weighted by Gasteiger charge is 2.24. The third-order valence-corrected chi connectivity index (χ3v) is 5.04. The molecule has 3 rings (SSSR count). The number of rotatable bonds is 3. The van der Waals surface area contributed by atoms with Crippen LogP contribution in [0.25, 0.3) is 0 Å². The van der Waals surface area contributed by atoms with E-state index in [1.807, 2.05) is 12.1 Å². The van der Waals surface area contributed by atoms with E-state index in [0.717, 1.165) is 36.8 Å². The zero-order valence-electron chi connectivity index (χ0n) is 11.9. The Hall–Kier alpha value is -1.26. The van der Waals surface area contributed by atoms with Gasteiger partial charge in [0, 0.05) is 18.0 Å². The summed E-state index contributed by atoms with van der Waals surface area (Å²) in [7, 11) is 0. The minimum absolute atomic E-state index is 0.153. The Labute approximate surface area is 123 Å². The van der Waals surface area contributed by atoms with Gasteiger partial charge in [0.1, 0.15) is 5.82 Å². The molecule has 1 saturated heterocycles. The van der Waals surface area contributed by atoms with E-state index in [1.54, 1.807) is 23.5 Å². The second kappa shape index (κ2) is 5.62. The standard InChI is InChI=1S/C16H19FN2S/c1-11-16(20-12(2)18-11)10-19-8-7-14(9-19)13-3-5-15(17)6-4-13/h3-6,14H,7-10H2,1-2H3. The maximum absolute atomic E-state index is 13.0. The van der Waals surface area contributed by atoms with E-state index in [0.29, 0.717) is 5.92 Å². The Kier molecular flexibility index (Phi) is 3.85. The van der Waals surface area contributed by atoms with Gasteiger partial charge in [-0.15, -0.1) is 11.3 Å². The van der Waals surface area contributed by atoms with E-state index >= 15 is 0 Å².